The van der Waals surface area contributed by atoms with Gasteiger partial charge in [0.15, 0.2) is 5.82 Å². The SMILES string of the molecule is CCCc1cn(-c2ncnn2CC)c(=O)n1Cc1cnccc1-c1ccc(-c2nnn[nH]2)cc1. The van der Waals surface area contributed by atoms with Crippen LogP contribution in [0.5, 0.6) is 0 Å². The average molecular weight is 457 g/mol. The summed E-state index contributed by atoms with van der Waals surface area (Å²) in [5.41, 5.74) is 4.67. The van der Waals surface area contributed by atoms with Crippen LogP contribution in [0.15, 0.2) is 60.0 Å². The molecule has 0 amide bonds. The molecule has 34 heavy (non-hydrogen) atoms. The minimum absolute atomic E-state index is 0.144. The summed E-state index contributed by atoms with van der Waals surface area (Å²) in [6, 6.07) is 9.92. The summed E-state index contributed by atoms with van der Waals surface area (Å²) >= 11 is 0. The zero-order valence-corrected chi connectivity index (χ0v) is 19.0. The molecule has 172 valence electrons. The third-order valence-corrected chi connectivity index (χ3v) is 5.72. The van der Waals surface area contributed by atoms with Gasteiger partial charge in [-0.3, -0.25) is 9.55 Å². The van der Waals surface area contributed by atoms with E-state index in [9.17, 15) is 4.79 Å². The van der Waals surface area contributed by atoms with Crippen LogP contribution in [0, 0.1) is 0 Å². The Hall–Kier alpha value is -4.41. The van der Waals surface area contributed by atoms with Gasteiger partial charge in [-0.2, -0.15) is 10.1 Å². The molecule has 1 N–H and O–H groups in total. The van der Waals surface area contributed by atoms with Gasteiger partial charge >= 0.3 is 5.69 Å². The van der Waals surface area contributed by atoms with Gasteiger partial charge < -0.3 is 0 Å². The minimum atomic E-state index is -0.144. The number of aromatic amines is 1. The van der Waals surface area contributed by atoms with Crippen molar-refractivity contribution in [3.05, 3.63) is 77.0 Å². The Morgan fingerprint density at radius 1 is 1.06 bits per heavy atom. The molecular formula is C23H24N10O. The van der Waals surface area contributed by atoms with Gasteiger partial charge in [0.1, 0.15) is 6.33 Å². The number of imidazole rings is 1. The number of pyridine rings is 1. The Balaban J connectivity index is 1.53. The van der Waals surface area contributed by atoms with Crippen molar-refractivity contribution in [2.24, 2.45) is 0 Å². The minimum Gasteiger partial charge on any atom is -0.291 e. The molecule has 5 aromatic rings. The lowest BCUT2D eigenvalue weighted by Crippen LogP contribution is -2.26. The summed E-state index contributed by atoms with van der Waals surface area (Å²) in [5.74, 6) is 1.13. The fourth-order valence-corrected chi connectivity index (χ4v) is 4.06. The van der Waals surface area contributed by atoms with E-state index in [-0.39, 0.29) is 5.69 Å². The molecule has 0 spiro atoms. The van der Waals surface area contributed by atoms with Gasteiger partial charge in [-0.05, 0) is 46.5 Å². The van der Waals surface area contributed by atoms with Crippen LogP contribution in [-0.2, 0) is 19.5 Å². The Labute approximate surface area is 195 Å². The van der Waals surface area contributed by atoms with Crippen molar-refractivity contribution in [1.29, 1.82) is 0 Å². The second kappa shape index (κ2) is 9.22. The predicted octanol–water partition coefficient (Wildman–Crippen LogP) is 2.49. The van der Waals surface area contributed by atoms with Gasteiger partial charge in [-0.15, -0.1) is 5.10 Å². The molecule has 11 heteroatoms. The summed E-state index contributed by atoms with van der Waals surface area (Å²) in [6.07, 6.45) is 8.62. The van der Waals surface area contributed by atoms with Crippen molar-refractivity contribution in [1.82, 2.24) is 49.5 Å². The fraction of sp³-hybridized carbons (Fsp3) is 0.261. The zero-order valence-electron chi connectivity index (χ0n) is 19.0. The molecule has 0 fully saturated rings. The number of benzene rings is 1. The van der Waals surface area contributed by atoms with E-state index in [1.807, 2.05) is 49.6 Å². The van der Waals surface area contributed by atoms with E-state index >= 15 is 0 Å². The number of nitrogens with zero attached hydrogens (tertiary/aromatic N) is 9. The lowest BCUT2D eigenvalue weighted by Gasteiger charge is -2.12. The first kappa shape index (κ1) is 21.4. The first-order chi connectivity index (χ1) is 16.7. The van der Waals surface area contributed by atoms with Crippen LogP contribution < -0.4 is 5.69 Å². The number of hydrogen-bond acceptors (Lipinski definition) is 7. The number of aryl methyl sites for hydroxylation is 2. The molecular weight excluding hydrogens is 432 g/mol. The highest BCUT2D eigenvalue weighted by molar-refractivity contribution is 5.69. The normalized spacial score (nSPS) is 11.2. The Bertz CT molecular complexity index is 1440. The fourth-order valence-electron chi connectivity index (χ4n) is 4.06. The van der Waals surface area contributed by atoms with E-state index < -0.39 is 0 Å². The van der Waals surface area contributed by atoms with Crippen LogP contribution in [0.2, 0.25) is 0 Å². The Morgan fingerprint density at radius 2 is 1.88 bits per heavy atom. The molecule has 0 saturated heterocycles. The number of tetrazole rings is 1. The Morgan fingerprint density at radius 3 is 2.62 bits per heavy atom. The summed E-state index contributed by atoms with van der Waals surface area (Å²) < 4.78 is 5.09. The number of aromatic nitrogens is 10. The summed E-state index contributed by atoms with van der Waals surface area (Å²) in [4.78, 5) is 22.1. The van der Waals surface area contributed by atoms with Gasteiger partial charge in [0.2, 0.25) is 5.95 Å². The highest BCUT2D eigenvalue weighted by atomic mass is 16.2. The average Bonchev–Trinajstić information content (AvgIpc) is 3.62. The van der Waals surface area contributed by atoms with Crippen molar-refractivity contribution in [2.75, 3.05) is 0 Å². The largest absolute Gasteiger partial charge is 0.335 e. The third kappa shape index (κ3) is 3.91. The molecule has 1 aromatic carbocycles. The molecule has 0 saturated carbocycles. The smallest absolute Gasteiger partial charge is 0.291 e. The Kier molecular flexibility index (Phi) is 5.81. The zero-order chi connectivity index (χ0) is 23.5. The van der Waals surface area contributed by atoms with Gasteiger partial charge in [-0.1, -0.05) is 37.6 Å². The number of rotatable bonds is 8. The first-order valence-corrected chi connectivity index (χ1v) is 11.2. The van der Waals surface area contributed by atoms with E-state index in [2.05, 4.69) is 42.6 Å². The molecule has 4 aromatic heterocycles. The van der Waals surface area contributed by atoms with Crippen LogP contribution in [0.25, 0.3) is 28.5 Å². The molecule has 0 aliphatic carbocycles. The lowest BCUT2D eigenvalue weighted by atomic mass is 10.00. The van der Waals surface area contributed by atoms with Crippen molar-refractivity contribution in [3.8, 4) is 28.5 Å². The van der Waals surface area contributed by atoms with E-state index in [0.717, 1.165) is 40.8 Å². The van der Waals surface area contributed by atoms with Crippen molar-refractivity contribution < 1.29 is 0 Å². The second-order valence-corrected chi connectivity index (χ2v) is 7.84. The summed E-state index contributed by atoms with van der Waals surface area (Å²) in [5, 5.41) is 18.2. The van der Waals surface area contributed by atoms with Crippen LogP contribution >= 0.6 is 0 Å². The van der Waals surface area contributed by atoms with Crippen molar-refractivity contribution in [2.45, 2.75) is 39.8 Å². The maximum Gasteiger partial charge on any atom is 0.335 e. The lowest BCUT2D eigenvalue weighted by molar-refractivity contribution is 0.620. The second-order valence-electron chi connectivity index (χ2n) is 7.84. The molecule has 0 atom stereocenters. The molecule has 0 aliphatic rings. The van der Waals surface area contributed by atoms with Gasteiger partial charge in [0, 0.05) is 36.4 Å². The highest BCUT2D eigenvalue weighted by Crippen LogP contribution is 2.26. The van der Waals surface area contributed by atoms with E-state index in [1.54, 1.807) is 20.0 Å². The highest BCUT2D eigenvalue weighted by Gasteiger charge is 2.17. The first-order valence-electron chi connectivity index (χ1n) is 11.2. The number of hydrogen-bond donors (Lipinski definition) is 1. The molecule has 0 bridgehead atoms. The van der Waals surface area contributed by atoms with Gasteiger partial charge in [0.05, 0.1) is 6.54 Å². The maximum atomic E-state index is 13.5. The van der Waals surface area contributed by atoms with Crippen LogP contribution in [-0.4, -0.2) is 49.5 Å². The van der Waals surface area contributed by atoms with Crippen molar-refractivity contribution in [3.63, 3.8) is 0 Å². The maximum absolute atomic E-state index is 13.5. The van der Waals surface area contributed by atoms with E-state index in [0.29, 0.717) is 24.9 Å². The van der Waals surface area contributed by atoms with Crippen molar-refractivity contribution >= 4 is 0 Å². The predicted molar refractivity (Wildman–Crippen MR) is 125 cm³/mol. The van der Waals surface area contributed by atoms with Gasteiger partial charge in [-0.25, -0.2) is 19.1 Å². The molecule has 0 unspecified atom stereocenters. The molecule has 0 radical (unpaired) electrons. The third-order valence-electron chi connectivity index (χ3n) is 5.72. The van der Waals surface area contributed by atoms with E-state index in [4.69, 9.17) is 0 Å². The van der Waals surface area contributed by atoms with Crippen LogP contribution in [0.3, 0.4) is 0 Å². The summed E-state index contributed by atoms with van der Waals surface area (Å²) in [6.45, 7) is 5.10. The van der Waals surface area contributed by atoms with Gasteiger partial charge in [0.25, 0.3) is 0 Å². The number of H-pyrrole nitrogens is 1. The monoisotopic (exact) mass is 456 g/mol. The topological polar surface area (TPSA) is 125 Å². The van der Waals surface area contributed by atoms with Crippen LogP contribution in [0.4, 0.5) is 0 Å². The molecule has 4 heterocycles. The molecule has 11 nitrogen and oxygen atoms in total. The molecule has 5 rings (SSSR count). The van der Waals surface area contributed by atoms with E-state index in [1.165, 1.54) is 6.33 Å². The number of nitrogens with one attached hydrogen (secondary N) is 1. The summed E-state index contributed by atoms with van der Waals surface area (Å²) in [7, 11) is 0. The van der Waals surface area contributed by atoms with Crippen LogP contribution in [0.1, 0.15) is 31.5 Å². The quantitative estimate of drug-likeness (QED) is 0.380. The standard InChI is InChI=1S/C23H24N10O/c1-3-5-19-14-32(22-25-15-26-33(22)4-2)23(34)31(19)13-18-12-24-11-10-20(18)16-6-8-17(9-7-16)21-27-29-30-28-21/h6-12,14-15H,3-5,13H2,1-2H3,(H,27,28,29,30). The molecule has 0 aliphatic heterocycles.